The average molecular weight is 309 g/mol. The molecular weight excluding hydrogens is 288 g/mol. The minimum absolute atomic E-state index is 0.294. The monoisotopic (exact) mass is 308 g/mol. The third-order valence-electron chi connectivity index (χ3n) is 3.09. The molecule has 0 spiro atoms. The fourth-order valence-corrected chi connectivity index (χ4v) is 2.31. The van der Waals surface area contributed by atoms with Crippen molar-refractivity contribution >= 4 is 17.3 Å². The van der Waals surface area contributed by atoms with E-state index in [4.69, 9.17) is 16.3 Å². The number of halogens is 1. The first-order valence-corrected chi connectivity index (χ1v) is 7.63. The molecule has 114 valence electrons. The first-order valence-electron chi connectivity index (χ1n) is 7.09. The van der Waals surface area contributed by atoms with Crippen LogP contribution in [0.5, 0.6) is 5.75 Å². The number of nitrogens with one attached hydrogen (secondary N) is 1. The topological polar surface area (TPSA) is 52.0 Å². The van der Waals surface area contributed by atoms with Crippen LogP contribution in [0.25, 0.3) is 0 Å². The van der Waals surface area contributed by atoms with Crippen LogP contribution < -0.4 is 10.1 Å². The Morgan fingerprint density at radius 1 is 1.38 bits per heavy atom. The first kappa shape index (κ1) is 15.6. The van der Waals surface area contributed by atoms with Crippen LogP contribution in [0.3, 0.4) is 0 Å². The van der Waals surface area contributed by atoms with Gasteiger partial charge in [-0.3, -0.25) is 0 Å². The number of hydrogen-bond acceptors (Lipinski definition) is 4. The summed E-state index contributed by atoms with van der Waals surface area (Å²) in [6, 6.07) is 6.23. The molecule has 1 aromatic heterocycles. The summed E-state index contributed by atoms with van der Waals surface area (Å²) < 4.78 is 7.45. The molecule has 0 aliphatic heterocycles. The lowest BCUT2D eigenvalue weighted by Crippen LogP contribution is -2.12. The van der Waals surface area contributed by atoms with E-state index in [-0.39, 0.29) is 0 Å². The maximum atomic E-state index is 5.97. The quantitative estimate of drug-likeness (QED) is 0.794. The van der Waals surface area contributed by atoms with Crippen molar-refractivity contribution in [1.82, 2.24) is 14.8 Å². The molecule has 2 rings (SSSR count). The highest BCUT2D eigenvalue weighted by Crippen LogP contribution is 2.25. The van der Waals surface area contributed by atoms with Gasteiger partial charge in [-0.2, -0.15) is 5.10 Å². The molecule has 0 aliphatic carbocycles. The summed E-state index contributed by atoms with van der Waals surface area (Å²) in [4.78, 5) is 4.28. The van der Waals surface area contributed by atoms with E-state index in [1.54, 1.807) is 6.33 Å². The van der Waals surface area contributed by atoms with E-state index in [2.05, 4.69) is 29.2 Å². The van der Waals surface area contributed by atoms with Gasteiger partial charge in [-0.25, -0.2) is 9.67 Å². The number of ether oxygens (including phenoxy) is 1. The molecule has 0 fully saturated rings. The third kappa shape index (κ3) is 3.88. The Morgan fingerprint density at radius 2 is 2.19 bits per heavy atom. The number of rotatable bonds is 7. The van der Waals surface area contributed by atoms with Crippen molar-refractivity contribution in [3.8, 4) is 5.75 Å². The van der Waals surface area contributed by atoms with Crippen LogP contribution in [-0.2, 0) is 12.4 Å². The van der Waals surface area contributed by atoms with Crippen LogP contribution in [0, 0.1) is 0 Å². The van der Waals surface area contributed by atoms with Crippen molar-refractivity contribution in [1.29, 1.82) is 0 Å². The second kappa shape index (κ2) is 7.31. The fraction of sp³-hybridized carbons (Fsp3) is 0.467. The summed E-state index contributed by atoms with van der Waals surface area (Å²) in [5, 5.41) is 7.57. The van der Waals surface area contributed by atoms with Crippen LogP contribution in [-0.4, -0.2) is 21.4 Å². The predicted octanol–water partition coefficient (Wildman–Crippen LogP) is 3.61. The van der Waals surface area contributed by atoms with Gasteiger partial charge in [0.1, 0.15) is 17.9 Å². The molecule has 2 aromatic rings. The van der Waals surface area contributed by atoms with E-state index in [1.165, 1.54) is 0 Å². The van der Waals surface area contributed by atoms with Crippen LogP contribution in [0.4, 0.5) is 5.69 Å². The molecule has 0 amide bonds. The Bertz CT molecular complexity index is 583. The van der Waals surface area contributed by atoms with Gasteiger partial charge in [0.05, 0.1) is 19.0 Å². The van der Waals surface area contributed by atoms with Gasteiger partial charge in [-0.15, -0.1) is 11.6 Å². The smallest absolute Gasteiger partial charge is 0.146 e. The summed E-state index contributed by atoms with van der Waals surface area (Å²) in [6.07, 6.45) is 1.58. The standard InChI is InChI=1S/C15H21ClN4O/c1-4-21-14-6-5-13(7-12(14)8-16)17-9-15-18-10-19-20(15)11(2)3/h5-7,10-11,17H,4,8-9H2,1-3H3. The zero-order chi connectivity index (χ0) is 15.2. The van der Waals surface area contributed by atoms with Gasteiger partial charge in [0.2, 0.25) is 0 Å². The second-order valence-corrected chi connectivity index (χ2v) is 5.22. The van der Waals surface area contributed by atoms with Gasteiger partial charge in [0.25, 0.3) is 0 Å². The van der Waals surface area contributed by atoms with E-state index in [9.17, 15) is 0 Å². The number of nitrogens with zero attached hydrogens (tertiary/aromatic N) is 3. The number of hydrogen-bond donors (Lipinski definition) is 1. The van der Waals surface area contributed by atoms with Gasteiger partial charge >= 0.3 is 0 Å². The number of alkyl halides is 1. The lowest BCUT2D eigenvalue weighted by atomic mass is 10.2. The minimum Gasteiger partial charge on any atom is -0.494 e. The Balaban J connectivity index is 2.08. The molecule has 0 unspecified atom stereocenters. The van der Waals surface area contributed by atoms with Gasteiger partial charge in [0, 0.05) is 17.3 Å². The summed E-state index contributed by atoms with van der Waals surface area (Å²) in [5.41, 5.74) is 1.97. The molecule has 0 atom stereocenters. The largest absolute Gasteiger partial charge is 0.494 e. The van der Waals surface area contributed by atoms with Crippen LogP contribution in [0.2, 0.25) is 0 Å². The first-order chi connectivity index (χ1) is 10.2. The van der Waals surface area contributed by atoms with Crippen molar-refractivity contribution in [3.05, 3.63) is 35.9 Å². The van der Waals surface area contributed by atoms with E-state index < -0.39 is 0 Å². The number of benzene rings is 1. The van der Waals surface area contributed by atoms with Crippen molar-refractivity contribution in [3.63, 3.8) is 0 Å². The SMILES string of the molecule is CCOc1ccc(NCc2ncnn2C(C)C)cc1CCl. The molecule has 0 aliphatic rings. The Morgan fingerprint density at radius 3 is 2.86 bits per heavy atom. The van der Waals surface area contributed by atoms with Crippen molar-refractivity contribution < 1.29 is 4.74 Å². The van der Waals surface area contributed by atoms with Crippen molar-refractivity contribution in [2.45, 2.75) is 39.2 Å². The highest BCUT2D eigenvalue weighted by atomic mass is 35.5. The molecule has 1 heterocycles. The van der Waals surface area contributed by atoms with E-state index in [0.717, 1.165) is 22.8 Å². The van der Waals surface area contributed by atoms with Crippen molar-refractivity contribution in [2.75, 3.05) is 11.9 Å². The summed E-state index contributed by atoms with van der Waals surface area (Å²) in [6.45, 7) is 7.38. The lowest BCUT2D eigenvalue weighted by Gasteiger charge is -2.13. The van der Waals surface area contributed by atoms with Gasteiger partial charge in [-0.05, 0) is 39.0 Å². The van der Waals surface area contributed by atoms with E-state index in [0.29, 0.717) is 25.1 Å². The molecule has 1 N–H and O–H groups in total. The molecule has 1 aromatic carbocycles. The normalized spacial score (nSPS) is 10.9. The zero-order valence-electron chi connectivity index (χ0n) is 12.6. The highest BCUT2D eigenvalue weighted by Gasteiger charge is 2.08. The zero-order valence-corrected chi connectivity index (χ0v) is 13.4. The summed E-state index contributed by atoms with van der Waals surface area (Å²) >= 11 is 5.97. The van der Waals surface area contributed by atoms with Gasteiger partial charge in [0.15, 0.2) is 0 Å². The lowest BCUT2D eigenvalue weighted by molar-refractivity contribution is 0.337. The van der Waals surface area contributed by atoms with Gasteiger partial charge < -0.3 is 10.1 Å². The summed E-state index contributed by atoms with van der Waals surface area (Å²) in [7, 11) is 0. The van der Waals surface area contributed by atoms with Crippen LogP contribution in [0.1, 0.15) is 38.2 Å². The molecule has 5 nitrogen and oxygen atoms in total. The third-order valence-corrected chi connectivity index (χ3v) is 3.38. The molecular formula is C15H21ClN4O. The Kier molecular flexibility index (Phi) is 5.44. The second-order valence-electron chi connectivity index (χ2n) is 4.96. The van der Waals surface area contributed by atoms with Gasteiger partial charge in [-0.1, -0.05) is 0 Å². The predicted molar refractivity (Wildman–Crippen MR) is 84.9 cm³/mol. The number of aromatic nitrogens is 3. The molecule has 21 heavy (non-hydrogen) atoms. The fourth-order valence-electron chi connectivity index (χ4n) is 2.10. The minimum atomic E-state index is 0.294. The van der Waals surface area contributed by atoms with Crippen LogP contribution >= 0.6 is 11.6 Å². The maximum Gasteiger partial charge on any atom is 0.146 e. The Hall–Kier alpha value is -1.75. The highest BCUT2D eigenvalue weighted by molar-refractivity contribution is 6.17. The number of anilines is 1. The molecule has 0 radical (unpaired) electrons. The van der Waals surface area contributed by atoms with E-state index >= 15 is 0 Å². The Labute approximate surface area is 130 Å². The van der Waals surface area contributed by atoms with Crippen LogP contribution in [0.15, 0.2) is 24.5 Å². The summed E-state index contributed by atoms with van der Waals surface area (Å²) in [5.74, 6) is 2.17. The molecule has 0 bridgehead atoms. The van der Waals surface area contributed by atoms with E-state index in [1.807, 2.05) is 29.8 Å². The molecule has 0 saturated carbocycles. The molecule has 6 heteroatoms. The maximum absolute atomic E-state index is 5.97. The van der Waals surface area contributed by atoms with Crippen molar-refractivity contribution in [2.24, 2.45) is 0 Å². The average Bonchev–Trinajstić information content (AvgIpc) is 2.95. The molecule has 0 saturated heterocycles.